The van der Waals surface area contributed by atoms with Gasteiger partial charge in [-0.05, 0) is 13.0 Å². The molecule has 0 saturated carbocycles. The van der Waals surface area contributed by atoms with E-state index in [2.05, 4.69) is 16.6 Å². The third-order valence-electron chi connectivity index (χ3n) is 2.00. The number of aryl methyl sites for hydroxylation is 1. The van der Waals surface area contributed by atoms with Crippen molar-refractivity contribution < 1.29 is 4.74 Å². The highest BCUT2D eigenvalue weighted by molar-refractivity contribution is 5.79. The van der Waals surface area contributed by atoms with Crippen LogP contribution in [0.25, 0.3) is 5.76 Å². The van der Waals surface area contributed by atoms with E-state index in [4.69, 9.17) is 4.74 Å². The molecule has 0 radical (unpaired) electrons. The van der Waals surface area contributed by atoms with Crippen LogP contribution in [-0.4, -0.2) is 17.9 Å². The largest absolute Gasteiger partial charge is 0.444 e. The summed E-state index contributed by atoms with van der Waals surface area (Å²) in [6, 6.07) is 1.73. The van der Waals surface area contributed by atoms with Crippen LogP contribution in [0.15, 0.2) is 28.6 Å². The van der Waals surface area contributed by atoms with Crippen LogP contribution in [0.2, 0.25) is 0 Å². The van der Waals surface area contributed by atoms with E-state index in [0.29, 0.717) is 17.2 Å². The van der Waals surface area contributed by atoms with Crippen molar-refractivity contribution in [2.24, 2.45) is 4.99 Å². The fraction of sp³-hybridized carbons (Fsp3) is 0.273. The smallest absolute Gasteiger partial charge is 0.250 e. The Balaban J connectivity index is 2.93. The van der Waals surface area contributed by atoms with E-state index in [9.17, 15) is 4.79 Å². The van der Waals surface area contributed by atoms with Crippen molar-refractivity contribution in [3.8, 4) is 0 Å². The Kier molecular flexibility index (Phi) is 3.44. The molecule has 0 bridgehead atoms. The summed E-state index contributed by atoms with van der Waals surface area (Å²) in [5.41, 5.74) is 1.27. The molecule has 4 heteroatoms. The molecular formula is C11H14N2O2. The van der Waals surface area contributed by atoms with Crippen LogP contribution in [0.3, 0.4) is 0 Å². The minimum absolute atomic E-state index is 0.104. The van der Waals surface area contributed by atoms with Gasteiger partial charge in [0, 0.05) is 31.3 Å². The van der Waals surface area contributed by atoms with E-state index in [1.165, 1.54) is 0 Å². The number of rotatable bonds is 2. The highest BCUT2D eigenvalue weighted by Crippen LogP contribution is 2.12. The Hall–Kier alpha value is -1.84. The summed E-state index contributed by atoms with van der Waals surface area (Å²) < 4.78 is 5.31. The SMILES string of the molecule is C=C(OC(C)=NC)c1c[nH]c(=O)c(C)c1. The maximum absolute atomic E-state index is 11.1. The van der Waals surface area contributed by atoms with Crippen LogP contribution in [0, 0.1) is 6.92 Å². The van der Waals surface area contributed by atoms with Crippen LogP contribution in [0.1, 0.15) is 18.1 Å². The molecule has 0 aromatic carbocycles. The average molecular weight is 206 g/mol. The van der Waals surface area contributed by atoms with Crippen molar-refractivity contribution in [1.82, 2.24) is 4.98 Å². The molecule has 4 nitrogen and oxygen atoms in total. The first kappa shape index (κ1) is 11.2. The van der Waals surface area contributed by atoms with Crippen molar-refractivity contribution in [1.29, 1.82) is 0 Å². The quantitative estimate of drug-likeness (QED) is 0.455. The molecule has 0 unspecified atom stereocenters. The molecule has 1 aromatic heterocycles. The van der Waals surface area contributed by atoms with E-state index in [1.54, 1.807) is 33.2 Å². The Bertz CT molecular complexity index is 458. The number of aromatic amines is 1. The van der Waals surface area contributed by atoms with Gasteiger partial charge in [-0.3, -0.25) is 9.79 Å². The minimum atomic E-state index is -0.104. The van der Waals surface area contributed by atoms with Gasteiger partial charge in [-0.1, -0.05) is 6.58 Å². The van der Waals surface area contributed by atoms with Gasteiger partial charge in [-0.2, -0.15) is 0 Å². The third kappa shape index (κ3) is 2.80. The monoisotopic (exact) mass is 206 g/mol. The number of pyridine rings is 1. The van der Waals surface area contributed by atoms with Crippen LogP contribution in [0.5, 0.6) is 0 Å². The molecule has 1 rings (SSSR count). The van der Waals surface area contributed by atoms with Crippen molar-refractivity contribution in [3.63, 3.8) is 0 Å². The lowest BCUT2D eigenvalue weighted by molar-refractivity contribution is 0.503. The highest BCUT2D eigenvalue weighted by Gasteiger charge is 2.03. The Morgan fingerprint density at radius 2 is 2.27 bits per heavy atom. The number of aromatic nitrogens is 1. The first-order chi connectivity index (χ1) is 7.04. The lowest BCUT2D eigenvalue weighted by Gasteiger charge is -2.07. The molecule has 0 fully saturated rings. The average Bonchev–Trinajstić information content (AvgIpc) is 2.21. The topological polar surface area (TPSA) is 54.4 Å². The molecular weight excluding hydrogens is 192 g/mol. The molecule has 0 aliphatic carbocycles. The third-order valence-corrected chi connectivity index (χ3v) is 2.00. The number of hydrogen-bond donors (Lipinski definition) is 1. The van der Waals surface area contributed by atoms with E-state index in [-0.39, 0.29) is 5.56 Å². The maximum Gasteiger partial charge on any atom is 0.250 e. The van der Waals surface area contributed by atoms with Gasteiger partial charge < -0.3 is 9.72 Å². The number of H-pyrrole nitrogens is 1. The number of nitrogens with one attached hydrogen (secondary N) is 1. The fourth-order valence-corrected chi connectivity index (χ4v) is 1.04. The van der Waals surface area contributed by atoms with Gasteiger partial charge in [0.15, 0.2) is 5.90 Å². The first-order valence-corrected chi connectivity index (χ1v) is 4.54. The molecule has 0 aliphatic rings. The van der Waals surface area contributed by atoms with Gasteiger partial charge >= 0.3 is 0 Å². The van der Waals surface area contributed by atoms with Crippen molar-refractivity contribution >= 4 is 11.7 Å². The van der Waals surface area contributed by atoms with E-state index in [1.807, 2.05) is 0 Å². The number of aliphatic imine (C=N–C) groups is 1. The first-order valence-electron chi connectivity index (χ1n) is 4.54. The lowest BCUT2D eigenvalue weighted by Crippen LogP contribution is -2.09. The summed E-state index contributed by atoms with van der Waals surface area (Å²) in [6.45, 7) is 7.23. The Morgan fingerprint density at radius 1 is 1.60 bits per heavy atom. The van der Waals surface area contributed by atoms with E-state index >= 15 is 0 Å². The molecule has 0 saturated heterocycles. The van der Waals surface area contributed by atoms with Crippen molar-refractivity contribution in [2.45, 2.75) is 13.8 Å². The summed E-state index contributed by atoms with van der Waals surface area (Å²) in [5, 5.41) is 0. The zero-order valence-corrected chi connectivity index (χ0v) is 9.13. The molecule has 0 atom stereocenters. The predicted octanol–water partition coefficient (Wildman–Crippen LogP) is 1.72. The van der Waals surface area contributed by atoms with Crippen LogP contribution < -0.4 is 5.56 Å². The summed E-state index contributed by atoms with van der Waals surface area (Å²) in [5.74, 6) is 1.00. The van der Waals surface area contributed by atoms with Gasteiger partial charge in [0.1, 0.15) is 5.76 Å². The van der Waals surface area contributed by atoms with E-state index < -0.39 is 0 Å². The molecule has 1 N–H and O–H groups in total. The normalized spacial score (nSPS) is 11.3. The lowest BCUT2D eigenvalue weighted by atomic mass is 10.2. The van der Waals surface area contributed by atoms with E-state index in [0.717, 1.165) is 5.56 Å². The number of nitrogens with zero attached hydrogens (tertiary/aromatic N) is 1. The molecule has 0 spiro atoms. The molecule has 80 valence electrons. The van der Waals surface area contributed by atoms with Gasteiger partial charge in [-0.25, -0.2) is 0 Å². The Labute approximate surface area is 88.3 Å². The van der Waals surface area contributed by atoms with Crippen LogP contribution in [0.4, 0.5) is 0 Å². The molecule has 1 aromatic rings. The minimum Gasteiger partial charge on any atom is -0.444 e. The zero-order valence-electron chi connectivity index (χ0n) is 9.13. The van der Waals surface area contributed by atoms with Gasteiger partial charge in [0.2, 0.25) is 0 Å². The second-order valence-corrected chi connectivity index (χ2v) is 3.17. The highest BCUT2D eigenvalue weighted by atomic mass is 16.5. The van der Waals surface area contributed by atoms with Crippen molar-refractivity contribution in [2.75, 3.05) is 7.05 Å². The summed E-state index contributed by atoms with van der Waals surface area (Å²) >= 11 is 0. The van der Waals surface area contributed by atoms with Crippen molar-refractivity contribution in [3.05, 3.63) is 40.3 Å². The zero-order chi connectivity index (χ0) is 11.4. The molecule has 15 heavy (non-hydrogen) atoms. The number of hydrogen-bond acceptors (Lipinski definition) is 3. The summed E-state index contributed by atoms with van der Waals surface area (Å²) in [7, 11) is 1.64. The second kappa shape index (κ2) is 4.59. The maximum atomic E-state index is 11.1. The Morgan fingerprint density at radius 3 is 2.80 bits per heavy atom. The number of ether oxygens (including phenoxy) is 1. The second-order valence-electron chi connectivity index (χ2n) is 3.17. The summed E-state index contributed by atoms with van der Waals surface area (Å²) in [6.07, 6.45) is 1.57. The van der Waals surface area contributed by atoms with Crippen LogP contribution in [-0.2, 0) is 4.74 Å². The molecule has 0 amide bonds. The summed E-state index contributed by atoms with van der Waals surface area (Å²) in [4.78, 5) is 17.6. The predicted molar refractivity (Wildman–Crippen MR) is 61.0 cm³/mol. The van der Waals surface area contributed by atoms with Crippen LogP contribution >= 0.6 is 0 Å². The standard InChI is InChI=1S/C11H14N2O2/c1-7-5-10(6-13-11(7)14)8(2)15-9(3)12-4/h5-6H,2H2,1,3-4H3,(H,13,14). The fourth-order valence-electron chi connectivity index (χ4n) is 1.04. The molecule has 0 aliphatic heterocycles. The molecule has 1 heterocycles. The van der Waals surface area contributed by atoms with Gasteiger partial charge in [0.05, 0.1) is 0 Å². The van der Waals surface area contributed by atoms with Gasteiger partial charge in [-0.15, -0.1) is 0 Å². The van der Waals surface area contributed by atoms with Gasteiger partial charge in [0.25, 0.3) is 5.56 Å².